The molecule has 0 bridgehead atoms. The molecule has 1 aromatic heterocycles. The summed E-state index contributed by atoms with van der Waals surface area (Å²) in [5, 5.41) is 6.43. The fraction of sp³-hybridized carbons (Fsp3) is 0.231. The molecule has 1 aromatic carbocycles. The van der Waals surface area contributed by atoms with Crippen molar-refractivity contribution in [3.8, 4) is 0 Å². The molecule has 1 amide bonds. The molecule has 0 radical (unpaired) electrons. The van der Waals surface area contributed by atoms with Crippen molar-refractivity contribution in [1.82, 2.24) is 15.1 Å². The van der Waals surface area contributed by atoms with Crippen LogP contribution < -0.4 is 0 Å². The third-order valence-electron chi connectivity index (χ3n) is 2.93. The SMILES string of the molecule is CC(c1ccccc1)N(C)C(=O)c1cn[nH]c1. The summed E-state index contributed by atoms with van der Waals surface area (Å²) < 4.78 is 0. The van der Waals surface area contributed by atoms with Crippen LogP contribution >= 0.6 is 0 Å². The van der Waals surface area contributed by atoms with Crippen LogP contribution in [0.5, 0.6) is 0 Å². The Balaban J connectivity index is 2.15. The lowest BCUT2D eigenvalue weighted by Gasteiger charge is -2.24. The average molecular weight is 229 g/mol. The first kappa shape index (κ1) is 11.4. The van der Waals surface area contributed by atoms with Gasteiger partial charge in [0, 0.05) is 13.2 Å². The van der Waals surface area contributed by atoms with Crippen LogP contribution in [0.2, 0.25) is 0 Å². The lowest BCUT2D eigenvalue weighted by Crippen LogP contribution is -2.29. The highest BCUT2D eigenvalue weighted by Gasteiger charge is 2.19. The van der Waals surface area contributed by atoms with E-state index >= 15 is 0 Å². The van der Waals surface area contributed by atoms with Crippen LogP contribution in [-0.2, 0) is 0 Å². The van der Waals surface area contributed by atoms with Gasteiger partial charge in [-0.25, -0.2) is 0 Å². The number of amides is 1. The molecule has 0 saturated carbocycles. The summed E-state index contributed by atoms with van der Waals surface area (Å²) in [4.78, 5) is 13.8. The second-order valence-corrected chi connectivity index (χ2v) is 3.99. The van der Waals surface area contributed by atoms with Gasteiger partial charge in [-0.05, 0) is 12.5 Å². The zero-order chi connectivity index (χ0) is 12.3. The Morgan fingerprint density at radius 3 is 2.65 bits per heavy atom. The van der Waals surface area contributed by atoms with Crippen LogP contribution in [0.25, 0.3) is 0 Å². The topological polar surface area (TPSA) is 49.0 Å². The van der Waals surface area contributed by atoms with Gasteiger partial charge in [0.15, 0.2) is 0 Å². The van der Waals surface area contributed by atoms with Gasteiger partial charge in [0.05, 0.1) is 17.8 Å². The second-order valence-electron chi connectivity index (χ2n) is 3.99. The predicted molar refractivity (Wildman–Crippen MR) is 65.5 cm³/mol. The Morgan fingerprint density at radius 2 is 2.06 bits per heavy atom. The van der Waals surface area contributed by atoms with E-state index in [1.54, 1.807) is 18.1 Å². The highest BCUT2D eigenvalue weighted by Crippen LogP contribution is 2.19. The van der Waals surface area contributed by atoms with Gasteiger partial charge in [-0.1, -0.05) is 30.3 Å². The third-order valence-corrected chi connectivity index (χ3v) is 2.93. The Kier molecular flexibility index (Phi) is 3.23. The van der Waals surface area contributed by atoms with Crippen molar-refractivity contribution < 1.29 is 4.79 Å². The van der Waals surface area contributed by atoms with E-state index in [9.17, 15) is 4.79 Å². The number of nitrogens with zero attached hydrogens (tertiary/aromatic N) is 2. The molecule has 1 N–H and O–H groups in total. The molecule has 2 aromatic rings. The van der Waals surface area contributed by atoms with Crippen molar-refractivity contribution in [1.29, 1.82) is 0 Å². The van der Waals surface area contributed by atoms with E-state index in [0.29, 0.717) is 5.56 Å². The molecule has 2 rings (SSSR count). The zero-order valence-electron chi connectivity index (χ0n) is 9.92. The molecule has 0 fully saturated rings. The van der Waals surface area contributed by atoms with Crippen molar-refractivity contribution in [3.05, 3.63) is 53.9 Å². The average Bonchev–Trinajstić information content (AvgIpc) is 2.91. The largest absolute Gasteiger partial charge is 0.335 e. The van der Waals surface area contributed by atoms with Crippen molar-refractivity contribution in [2.45, 2.75) is 13.0 Å². The number of aromatic amines is 1. The fourth-order valence-electron chi connectivity index (χ4n) is 1.70. The highest BCUT2D eigenvalue weighted by atomic mass is 16.2. The molecular weight excluding hydrogens is 214 g/mol. The normalized spacial score (nSPS) is 12.1. The second kappa shape index (κ2) is 4.82. The molecule has 0 spiro atoms. The Bertz CT molecular complexity index is 479. The highest BCUT2D eigenvalue weighted by molar-refractivity contribution is 5.93. The van der Waals surface area contributed by atoms with Gasteiger partial charge in [-0.2, -0.15) is 5.10 Å². The molecule has 0 aliphatic carbocycles. The first-order chi connectivity index (χ1) is 8.20. The van der Waals surface area contributed by atoms with E-state index in [4.69, 9.17) is 0 Å². The molecule has 0 saturated heterocycles. The maximum atomic E-state index is 12.1. The lowest BCUT2D eigenvalue weighted by atomic mass is 10.1. The Labute approximate surface area is 100 Å². The van der Waals surface area contributed by atoms with Crippen molar-refractivity contribution in [2.75, 3.05) is 7.05 Å². The number of benzene rings is 1. The molecule has 17 heavy (non-hydrogen) atoms. The van der Waals surface area contributed by atoms with Crippen LogP contribution in [0.15, 0.2) is 42.7 Å². The summed E-state index contributed by atoms with van der Waals surface area (Å²) in [5.41, 5.74) is 1.70. The van der Waals surface area contributed by atoms with Crippen LogP contribution in [0.3, 0.4) is 0 Å². The zero-order valence-corrected chi connectivity index (χ0v) is 9.92. The predicted octanol–water partition coefficient (Wildman–Crippen LogP) is 2.24. The van der Waals surface area contributed by atoms with E-state index < -0.39 is 0 Å². The van der Waals surface area contributed by atoms with E-state index in [1.807, 2.05) is 37.3 Å². The minimum absolute atomic E-state index is 0.0323. The number of H-pyrrole nitrogens is 1. The Morgan fingerprint density at radius 1 is 1.35 bits per heavy atom. The lowest BCUT2D eigenvalue weighted by molar-refractivity contribution is 0.0742. The summed E-state index contributed by atoms with van der Waals surface area (Å²) >= 11 is 0. The van der Waals surface area contributed by atoms with Gasteiger partial charge in [-0.3, -0.25) is 9.89 Å². The molecule has 0 aliphatic heterocycles. The number of aromatic nitrogens is 2. The number of rotatable bonds is 3. The maximum absolute atomic E-state index is 12.1. The van der Waals surface area contributed by atoms with Gasteiger partial charge in [0.2, 0.25) is 0 Å². The van der Waals surface area contributed by atoms with Crippen LogP contribution in [0.4, 0.5) is 0 Å². The van der Waals surface area contributed by atoms with Crippen LogP contribution in [0, 0.1) is 0 Å². The quantitative estimate of drug-likeness (QED) is 0.877. The number of hydrogen-bond acceptors (Lipinski definition) is 2. The minimum atomic E-state index is -0.0323. The summed E-state index contributed by atoms with van der Waals surface area (Å²) in [6.45, 7) is 2.01. The number of carbonyl (C=O) groups is 1. The standard InChI is InChI=1S/C13H15N3O/c1-10(11-6-4-3-5-7-11)16(2)13(17)12-8-14-15-9-12/h3-10H,1-2H3,(H,14,15). The fourth-order valence-corrected chi connectivity index (χ4v) is 1.70. The van der Waals surface area contributed by atoms with Crippen LogP contribution in [0.1, 0.15) is 28.9 Å². The maximum Gasteiger partial charge on any atom is 0.257 e. The van der Waals surface area contributed by atoms with Crippen molar-refractivity contribution in [3.63, 3.8) is 0 Å². The molecule has 1 atom stereocenters. The minimum Gasteiger partial charge on any atom is -0.335 e. The first-order valence-electron chi connectivity index (χ1n) is 5.51. The van der Waals surface area contributed by atoms with Gasteiger partial charge in [0.1, 0.15) is 0 Å². The molecule has 4 nitrogen and oxygen atoms in total. The van der Waals surface area contributed by atoms with Gasteiger partial charge in [-0.15, -0.1) is 0 Å². The molecule has 0 aliphatic rings. The first-order valence-corrected chi connectivity index (χ1v) is 5.51. The van der Waals surface area contributed by atoms with Crippen molar-refractivity contribution in [2.24, 2.45) is 0 Å². The smallest absolute Gasteiger partial charge is 0.257 e. The van der Waals surface area contributed by atoms with Crippen molar-refractivity contribution >= 4 is 5.91 Å². The molecule has 4 heteroatoms. The monoisotopic (exact) mass is 229 g/mol. The van der Waals surface area contributed by atoms with Gasteiger partial charge >= 0.3 is 0 Å². The molecule has 88 valence electrons. The number of nitrogens with one attached hydrogen (secondary N) is 1. The summed E-state index contributed by atoms with van der Waals surface area (Å²) in [5.74, 6) is -0.0323. The van der Waals surface area contributed by atoms with E-state index in [1.165, 1.54) is 6.20 Å². The number of hydrogen-bond donors (Lipinski definition) is 1. The van der Waals surface area contributed by atoms with Gasteiger partial charge in [0.25, 0.3) is 5.91 Å². The Hall–Kier alpha value is -2.10. The van der Waals surface area contributed by atoms with E-state index in [0.717, 1.165) is 5.56 Å². The van der Waals surface area contributed by atoms with E-state index in [2.05, 4.69) is 10.2 Å². The summed E-state index contributed by atoms with van der Waals surface area (Å²) in [6.07, 6.45) is 3.15. The molecular formula is C13H15N3O. The molecule has 1 unspecified atom stereocenters. The summed E-state index contributed by atoms with van der Waals surface area (Å²) in [7, 11) is 1.80. The summed E-state index contributed by atoms with van der Waals surface area (Å²) in [6, 6.07) is 9.99. The van der Waals surface area contributed by atoms with Gasteiger partial charge < -0.3 is 4.90 Å². The third kappa shape index (κ3) is 2.36. The van der Waals surface area contributed by atoms with Crippen LogP contribution in [-0.4, -0.2) is 28.1 Å². The number of carbonyl (C=O) groups excluding carboxylic acids is 1. The van der Waals surface area contributed by atoms with E-state index in [-0.39, 0.29) is 11.9 Å². The molecule has 1 heterocycles.